The maximum atomic E-state index is 11.9. The largest absolute Gasteiger partial charge is 0.508 e. The number of phenolic OH excluding ortho intramolecular Hbond substituents is 1. The van der Waals surface area contributed by atoms with Gasteiger partial charge in [0.15, 0.2) is 0 Å². The summed E-state index contributed by atoms with van der Waals surface area (Å²) in [5, 5.41) is 10.7. The number of nitrogens with zero attached hydrogens (tertiary/aromatic N) is 1. The van der Waals surface area contributed by atoms with Gasteiger partial charge in [0.25, 0.3) is 0 Å². The summed E-state index contributed by atoms with van der Waals surface area (Å²) in [6.07, 6.45) is 1.53. The summed E-state index contributed by atoms with van der Waals surface area (Å²) >= 11 is 11.9. The Morgan fingerprint density at radius 1 is 1.27 bits per heavy atom. The number of aromatic hydroxyl groups is 1. The molecule has 0 aliphatic carbocycles. The molecule has 2 unspecified atom stereocenters. The van der Waals surface area contributed by atoms with Crippen LogP contribution in [0, 0.1) is 5.92 Å². The number of amides is 1. The molecule has 0 spiro atoms. The van der Waals surface area contributed by atoms with Crippen molar-refractivity contribution in [3.8, 4) is 5.75 Å². The highest BCUT2D eigenvalue weighted by molar-refractivity contribution is 6.42. The molecule has 0 radical (unpaired) electrons. The molecule has 1 aliphatic heterocycles. The summed E-state index contributed by atoms with van der Waals surface area (Å²) in [7, 11) is 0. The van der Waals surface area contributed by atoms with Crippen LogP contribution < -0.4 is 11.5 Å². The van der Waals surface area contributed by atoms with E-state index in [4.69, 9.17) is 34.7 Å². The Hall–Kier alpha value is -1.01. The molecule has 1 amide bonds. The van der Waals surface area contributed by atoms with Gasteiger partial charge < -0.3 is 21.5 Å². The minimum atomic E-state index is -0.482. The van der Waals surface area contributed by atoms with E-state index in [-0.39, 0.29) is 23.6 Å². The van der Waals surface area contributed by atoms with Gasteiger partial charge in [-0.05, 0) is 31.7 Å². The second-order valence-electron chi connectivity index (χ2n) is 5.80. The lowest BCUT2D eigenvalue weighted by molar-refractivity contribution is -0.133. The Morgan fingerprint density at radius 2 is 1.82 bits per heavy atom. The van der Waals surface area contributed by atoms with Crippen LogP contribution in [0.3, 0.4) is 0 Å². The van der Waals surface area contributed by atoms with Gasteiger partial charge in [-0.1, -0.05) is 23.2 Å². The van der Waals surface area contributed by atoms with Crippen LogP contribution >= 0.6 is 23.2 Å². The molecule has 5 nitrogen and oxygen atoms in total. The number of halogens is 2. The highest BCUT2D eigenvalue weighted by Crippen LogP contribution is 2.37. The first-order valence-corrected chi connectivity index (χ1v) is 8.04. The minimum absolute atomic E-state index is 0.0376. The second kappa shape index (κ2) is 7.04. The fourth-order valence-electron chi connectivity index (χ4n) is 2.84. The first-order chi connectivity index (χ1) is 10.3. The van der Waals surface area contributed by atoms with Crippen molar-refractivity contribution in [2.45, 2.75) is 31.8 Å². The number of phenols is 1. The van der Waals surface area contributed by atoms with Gasteiger partial charge in [0.2, 0.25) is 5.91 Å². The Balaban J connectivity index is 2.05. The quantitative estimate of drug-likeness (QED) is 0.783. The molecule has 22 heavy (non-hydrogen) atoms. The molecule has 122 valence electrons. The van der Waals surface area contributed by atoms with Crippen molar-refractivity contribution < 1.29 is 9.90 Å². The van der Waals surface area contributed by atoms with Crippen molar-refractivity contribution in [1.82, 2.24) is 4.90 Å². The summed E-state index contributed by atoms with van der Waals surface area (Å²) in [6, 6.07) is 2.20. The maximum Gasteiger partial charge on any atom is 0.239 e. The van der Waals surface area contributed by atoms with E-state index >= 15 is 0 Å². The molecule has 2 atom stereocenters. The number of nitrogens with two attached hydrogens (primary N) is 2. The third-order valence-electron chi connectivity index (χ3n) is 4.18. The number of rotatable bonds is 3. The zero-order valence-corrected chi connectivity index (χ0v) is 13.9. The molecule has 7 heteroatoms. The monoisotopic (exact) mass is 345 g/mol. The van der Waals surface area contributed by atoms with Crippen LogP contribution in [-0.4, -0.2) is 35.0 Å². The lowest BCUT2D eigenvalue weighted by Gasteiger charge is -2.35. The van der Waals surface area contributed by atoms with Crippen molar-refractivity contribution in [1.29, 1.82) is 0 Å². The average Bonchev–Trinajstić information content (AvgIpc) is 2.49. The second-order valence-corrected chi connectivity index (χ2v) is 6.62. The number of piperidine rings is 1. The number of likely N-dealkylation sites (tertiary alicyclic amines) is 1. The van der Waals surface area contributed by atoms with E-state index in [2.05, 4.69) is 0 Å². The number of hydrogen-bond donors (Lipinski definition) is 3. The van der Waals surface area contributed by atoms with Crippen LogP contribution in [-0.2, 0) is 4.79 Å². The van der Waals surface area contributed by atoms with Gasteiger partial charge >= 0.3 is 0 Å². The normalized spacial score (nSPS) is 19.0. The number of benzene rings is 1. The molecule has 0 aromatic heterocycles. The van der Waals surface area contributed by atoms with Gasteiger partial charge in [-0.2, -0.15) is 0 Å². The molecule has 5 N–H and O–H groups in total. The predicted molar refractivity (Wildman–Crippen MR) is 88.0 cm³/mol. The van der Waals surface area contributed by atoms with Crippen LogP contribution in [0.5, 0.6) is 5.75 Å². The van der Waals surface area contributed by atoms with Crippen molar-refractivity contribution in [2.75, 3.05) is 13.1 Å². The van der Waals surface area contributed by atoms with Gasteiger partial charge in [-0.25, -0.2) is 0 Å². The molecular formula is C15H21Cl2N3O2. The number of hydrogen-bond acceptors (Lipinski definition) is 4. The third kappa shape index (κ3) is 3.66. The van der Waals surface area contributed by atoms with E-state index in [1.54, 1.807) is 17.9 Å². The Kier molecular flexibility index (Phi) is 5.55. The Morgan fingerprint density at radius 3 is 2.36 bits per heavy atom. The predicted octanol–water partition coefficient (Wildman–Crippen LogP) is 2.28. The Labute approximate surface area is 140 Å². The fraction of sp³-hybridized carbons (Fsp3) is 0.533. The van der Waals surface area contributed by atoms with Crippen LogP contribution in [0.25, 0.3) is 0 Å². The topological polar surface area (TPSA) is 92.6 Å². The van der Waals surface area contributed by atoms with Crippen molar-refractivity contribution in [3.05, 3.63) is 27.7 Å². The van der Waals surface area contributed by atoms with Gasteiger partial charge in [0.1, 0.15) is 5.75 Å². The highest BCUT2D eigenvalue weighted by Gasteiger charge is 2.29. The number of carbonyl (C=O) groups is 1. The average molecular weight is 346 g/mol. The standard InChI is InChI=1S/C15H21Cl2N3O2/c1-8(18)15(22)20-4-2-9(3-5-20)14(19)10-6-11(16)12(17)7-13(10)21/h6-9,14,21H,2-5,18-19H2,1H3. The van der Waals surface area contributed by atoms with Gasteiger partial charge in [-0.3, -0.25) is 4.79 Å². The molecular weight excluding hydrogens is 325 g/mol. The van der Waals surface area contributed by atoms with E-state index in [0.717, 1.165) is 12.8 Å². The van der Waals surface area contributed by atoms with Crippen molar-refractivity contribution >= 4 is 29.1 Å². The molecule has 1 aliphatic rings. The zero-order valence-electron chi connectivity index (χ0n) is 12.4. The fourth-order valence-corrected chi connectivity index (χ4v) is 3.17. The van der Waals surface area contributed by atoms with Crippen molar-refractivity contribution in [2.24, 2.45) is 17.4 Å². The molecule has 1 aromatic carbocycles. The molecule has 2 rings (SSSR count). The van der Waals surface area contributed by atoms with E-state index < -0.39 is 6.04 Å². The molecule has 1 aromatic rings. The first kappa shape index (κ1) is 17.3. The van der Waals surface area contributed by atoms with Gasteiger partial charge in [0.05, 0.1) is 16.1 Å². The molecule has 1 heterocycles. The minimum Gasteiger partial charge on any atom is -0.508 e. The maximum absolute atomic E-state index is 11.9. The molecule has 1 saturated heterocycles. The SMILES string of the molecule is CC(N)C(=O)N1CCC(C(N)c2cc(Cl)c(Cl)cc2O)CC1. The highest BCUT2D eigenvalue weighted by atomic mass is 35.5. The van der Waals surface area contributed by atoms with Crippen LogP contribution in [0.2, 0.25) is 10.0 Å². The van der Waals surface area contributed by atoms with Crippen molar-refractivity contribution in [3.63, 3.8) is 0 Å². The third-order valence-corrected chi connectivity index (χ3v) is 4.90. The lowest BCUT2D eigenvalue weighted by Crippen LogP contribution is -2.47. The Bertz CT molecular complexity index is 558. The zero-order chi connectivity index (χ0) is 16.4. The van der Waals surface area contributed by atoms with E-state index in [9.17, 15) is 9.90 Å². The van der Waals surface area contributed by atoms with Crippen LogP contribution in [0.4, 0.5) is 0 Å². The molecule has 0 bridgehead atoms. The van der Waals surface area contributed by atoms with Crippen LogP contribution in [0.1, 0.15) is 31.4 Å². The lowest BCUT2D eigenvalue weighted by atomic mass is 9.85. The van der Waals surface area contributed by atoms with E-state index in [1.165, 1.54) is 6.07 Å². The number of carbonyl (C=O) groups excluding carboxylic acids is 1. The molecule has 0 saturated carbocycles. The first-order valence-electron chi connectivity index (χ1n) is 7.29. The van der Waals surface area contributed by atoms with E-state index in [0.29, 0.717) is 28.7 Å². The van der Waals surface area contributed by atoms with E-state index in [1.807, 2.05) is 0 Å². The van der Waals surface area contributed by atoms with Gasteiger partial charge in [0, 0.05) is 30.8 Å². The summed E-state index contributed by atoms with van der Waals surface area (Å²) in [4.78, 5) is 13.6. The summed E-state index contributed by atoms with van der Waals surface area (Å²) in [5.74, 6) is 0.181. The van der Waals surface area contributed by atoms with Crippen LogP contribution in [0.15, 0.2) is 12.1 Å². The smallest absolute Gasteiger partial charge is 0.239 e. The summed E-state index contributed by atoms with van der Waals surface area (Å²) in [5.41, 5.74) is 12.5. The molecule has 1 fully saturated rings. The summed E-state index contributed by atoms with van der Waals surface area (Å²) in [6.45, 7) is 2.94. The summed E-state index contributed by atoms with van der Waals surface area (Å²) < 4.78 is 0. The van der Waals surface area contributed by atoms with Gasteiger partial charge in [-0.15, -0.1) is 0 Å².